The standard InChI is InChI=1S/C10H16O4/c1-10(2,3)14-9(13)7-5-4-6-8(11)12/h4,6H,5,7H2,1-3H3,(H,11,12)/b6-4+. The van der Waals surface area contributed by atoms with E-state index in [0.717, 1.165) is 6.08 Å². The van der Waals surface area contributed by atoms with Gasteiger partial charge in [-0.3, -0.25) is 4.79 Å². The molecule has 0 heterocycles. The molecule has 4 nitrogen and oxygen atoms in total. The molecule has 0 aromatic rings. The Kier molecular flexibility index (Phi) is 4.91. The van der Waals surface area contributed by atoms with E-state index in [0.29, 0.717) is 6.42 Å². The lowest BCUT2D eigenvalue weighted by molar-refractivity contribution is -0.154. The average Bonchev–Trinajstić information content (AvgIpc) is 1.94. The van der Waals surface area contributed by atoms with Crippen LogP contribution in [0, 0.1) is 0 Å². The van der Waals surface area contributed by atoms with Crippen LogP contribution in [0.1, 0.15) is 33.6 Å². The Balaban J connectivity index is 3.71. The van der Waals surface area contributed by atoms with Gasteiger partial charge in [0.05, 0.1) is 0 Å². The lowest BCUT2D eigenvalue weighted by Crippen LogP contribution is -2.23. The first-order valence-electron chi connectivity index (χ1n) is 4.42. The number of allylic oxidation sites excluding steroid dienone is 1. The van der Waals surface area contributed by atoms with Crippen molar-refractivity contribution in [1.29, 1.82) is 0 Å². The summed E-state index contributed by atoms with van der Waals surface area (Å²) < 4.78 is 5.02. The van der Waals surface area contributed by atoms with E-state index in [-0.39, 0.29) is 12.4 Å². The molecule has 0 spiro atoms. The molecule has 0 aromatic heterocycles. The molecule has 14 heavy (non-hydrogen) atoms. The van der Waals surface area contributed by atoms with Gasteiger partial charge in [0.25, 0.3) is 0 Å². The highest BCUT2D eigenvalue weighted by Crippen LogP contribution is 2.09. The highest BCUT2D eigenvalue weighted by molar-refractivity contribution is 5.79. The molecule has 0 bridgehead atoms. The first-order valence-corrected chi connectivity index (χ1v) is 4.42. The monoisotopic (exact) mass is 200 g/mol. The van der Waals surface area contributed by atoms with Crippen molar-refractivity contribution in [2.45, 2.75) is 39.2 Å². The number of hydrogen-bond acceptors (Lipinski definition) is 3. The van der Waals surface area contributed by atoms with Gasteiger partial charge in [0.1, 0.15) is 5.60 Å². The van der Waals surface area contributed by atoms with Crippen LogP contribution in [0.2, 0.25) is 0 Å². The van der Waals surface area contributed by atoms with Gasteiger partial charge in [0, 0.05) is 12.5 Å². The highest BCUT2D eigenvalue weighted by atomic mass is 16.6. The van der Waals surface area contributed by atoms with E-state index in [2.05, 4.69) is 0 Å². The van der Waals surface area contributed by atoms with Crippen LogP contribution in [-0.4, -0.2) is 22.6 Å². The molecule has 0 fully saturated rings. The van der Waals surface area contributed by atoms with E-state index in [9.17, 15) is 9.59 Å². The largest absolute Gasteiger partial charge is 0.478 e. The molecule has 0 aliphatic rings. The van der Waals surface area contributed by atoms with Gasteiger partial charge in [-0.25, -0.2) is 4.79 Å². The predicted octanol–water partition coefficient (Wildman–Crippen LogP) is 1.75. The summed E-state index contributed by atoms with van der Waals surface area (Å²) >= 11 is 0. The molecule has 0 unspecified atom stereocenters. The van der Waals surface area contributed by atoms with Crippen LogP contribution < -0.4 is 0 Å². The number of ether oxygens (including phenoxy) is 1. The zero-order chi connectivity index (χ0) is 11.2. The van der Waals surface area contributed by atoms with Crippen LogP contribution in [0.25, 0.3) is 0 Å². The van der Waals surface area contributed by atoms with Gasteiger partial charge >= 0.3 is 11.9 Å². The van der Waals surface area contributed by atoms with E-state index in [1.54, 1.807) is 20.8 Å². The lowest BCUT2D eigenvalue weighted by atomic mass is 10.2. The zero-order valence-corrected chi connectivity index (χ0v) is 8.74. The minimum absolute atomic E-state index is 0.209. The fourth-order valence-corrected chi connectivity index (χ4v) is 0.778. The molecular weight excluding hydrogens is 184 g/mol. The Hall–Kier alpha value is -1.32. The van der Waals surface area contributed by atoms with Crippen molar-refractivity contribution in [2.24, 2.45) is 0 Å². The number of hydrogen-bond donors (Lipinski definition) is 1. The van der Waals surface area contributed by atoms with Crippen molar-refractivity contribution in [1.82, 2.24) is 0 Å². The number of rotatable bonds is 4. The maximum atomic E-state index is 11.1. The molecule has 0 aromatic carbocycles. The molecule has 0 rings (SSSR count). The second-order valence-corrected chi connectivity index (χ2v) is 3.87. The maximum absolute atomic E-state index is 11.1. The van der Waals surface area contributed by atoms with Crippen molar-refractivity contribution in [2.75, 3.05) is 0 Å². The summed E-state index contributed by atoms with van der Waals surface area (Å²) in [6.45, 7) is 5.37. The minimum atomic E-state index is -1.01. The van der Waals surface area contributed by atoms with Gasteiger partial charge < -0.3 is 9.84 Å². The van der Waals surface area contributed by atoms with E-state index in [4.69, 9.17) is 9.84 Å². The zero-order valence-electron chi connectivity index (χ0n) is 8.74. The molecule has 4 heteroatoms. The van der Waals surface area contributed by atoms with E-state index < -0.39 is 11.6 Å². The first kappa shape index (κ1) is 12.7. The SMILES string of the molecule is CC(C)(C)OC(=O)CC/C=C/C(=O)O. The summed E-state index contributed by atoms with van der Waals surface area (Å²) in [6, 6.07) is 0. The van der Waals surface area contributed by atoms with Gasteiger partial charge in [0.15, 0.2) is 0 Å². The third-order valence-electron chi connectivity index (χ3n) is 1.20. The summed E-state index contributed by atoms with van der Waals surface area (Å²) in [5.41, 5.74) is -0.479. The highest BCUT2D eigenvalue weighted by Gasteiger charge is 2.14. The second kappa shape index (κ2) is 5.42. The fraction of sp³-hybridized carbons (Fsp3) is 0.600. The third kappa shape index (κ3) is 8.77. The molecule has 0 amide bonds. The lowest BCUT2D eigenvalue weighted by Gasteiger charge is -2.19. The van der Waals surface area contributed by atoms with E-state index in [1.807, 2.05) is 0 Å². The number of aliphatic carboxylic acids is 1. The van der Waals surface area contributed by atoms with Crippen molar-refractivity contribution in [3.05, 3.63) is 12.2 Å². The smallest absolute Gasteiger partial charge is 0.327 e. The van der Waals surface area contributed by atoms with Gasteiger partial charge in [-0.1, -0.05) is 6.08 Å². The molecule has 0 aliphatic carbocycles. The van der Waals surface area contributed by atoms with Crippen LogP contribution in [0.3, 0.4) is 0 Å². The van der Waals surface area contributed by atoms with Gasteiger partial charge in [0.2, 0.25) is 0 Å². The Labute approximate surface area is 83.6 Å². The van der Waals surface area contributed by atoms with Crippen molar-refractivity contribution in [3.63, 3.8) is 0 Å². The van der Waals surface area contributed by atoms with Crippen LogP contribution in [0.15, 0.2) is 12.2 Å². The molecule has 0 aliphatic heterocycles. The normalized spacial score (nSPS) is 11.6. The van der Waals surface area contributed by atoms with Gasteiger partial charge in [-0.15, -0.1) is 0 Å². The summed E-state index contributed by atoms with van der Waals surface area (Å²) in [6.07, 6.45) is 3.05. The van der Waals surface area contributed by atoms with Crippen molar-refractivity contribution in [3.8, 4) is 0 Å². The van der Waals surface area contributed by atoms with Crippen LogP contribution in [0.5, 0.6) is 0 Å². The first-order chi connectivity index (χ1) is 6.31. The molecule has 80 valence electrons. The molecular formula is C10H16O4. The Morgan fingerprint density at radius 3 is 2.36 bits per heavy atom. The summed E-state index contributed by atoms with van der Waals surface area (Å²) in [5, 5.41) is 8.26. The number of carboxylic acid groups (broad SMARTS) is 1. The topological polar surface area (TPSA) is 63.6 Å². The van der Waals surface area contributed by atoms with E-state index in [1.165, 1.54) is 6.08 Å². The molecule has 0 saturated heterocycles. The fourth-order valence-electron chi connectivity index (χ4n) is 0.778. The Morgan fingerprint density at radius 2 is 1.93 bits per heavy atom. The summed E-state index contributed by atoms with van der Waals surface area (Å²) in [5.74, 6) is -1.32. The Bertz CT molecular complexity index is 235. The summed E-state index contributed by atoms with van der Waals surface area (Å²) in [7, 11) is 0. The second-order valence-electron chi connectivity index (χ2n) is 3.87. The van der Waals surface area contributed by atoms with Gasteiger partial charge in [-0.05, 0) is 27.2 Å². The van der Waals surface area contributed by atoms with Gasteiger partial charge in [-0.2, -0.15) is 0 Å². The molecule has 0 radical (unpaired) electrons. The van der Waals surface area contributed by atoms with Crippen LogP contribution >= 0.6 is 0 Å². The quantitative estimate of drug-likeness (QED) is 0.554. The molecule has 1 N–H and O–H groups in total. The molecule has 0 atom stereocenters. The molecule has 0 saturated carbocycles. The number of carbonyl (C=O) groups excluding carboxylic acids is 1. The average molecular weight is 200 g/mol. The van der Waals surface area contributed by atoms with E-state index >= 15 is 0 Å². The maximum Gasteiger partial charge on any atom is 0.327 e. The number of carboxylic acids is 1. The minimum Gasteiger partial charge on any atom is -0.478 e. The van der Waals surface area contributed by atoms with Crippen molar-refractivity contribution < 1.29 is 19.4 Å². The predicted molar refractivity (Wildman–Crippen MR) is 51.9 cm³/mol. The van der Waals surface area contributed by atoms with Crippen molar-refractivity contribution >= 4 is 11.9 Å². The number of esters is 1. The van der Waals surface area contributed by atoms with Crippen LogP contribution in [0.4, 0.5) is 0 Å². The van der Waals surface area contributed by atoms with Crippen LogP contribution in [-0.2, 0) is 14.3 Å². The summed E-state index contributed by atoms with van der Waals surface area (Å²) in [4.78, 5) is 21.2. The number of carbonyl (C=O) groups is 2. The Morgan fingerprint density at radius 1 is 1.36 bits per heavy atom. The third-order valence-corrected chi connectivity index (χ3v) is 1.20.